The van der Waals surface area contributed by atoms with Gasteiger partial charge >= 0.3 is 6.09 Å². The molecule has 2 amide bonds. The normalized spacial score (nSPS) is 18.5. The van der Waals surface area contributed by atoms with Crippen LogP contribution in [0.15, 0.2) is 67.0 Å². The number of amides is 2. The summed E-state index contributed by atoms with van der Waals surface area (Å²) in [6, 6.07) is 17.5. The maximum absolute atomic E-state index is 12.7. The summed E-state index contributed by atoms with van der Waals surface area (Å²) in [6.07, 6.45) is 6.67. The van der Waals surface area contributed by atoms with Crippen LogP contribution in [0.5, 0.6) is 5.88 Å². The number of nitrogens with zero attached hydrogens (tertiary/aromatic N) is 5. The Labute approximate surface area is 229 Å². The van der Waals surface area contributed by atoms with Crippen molar-refractivity contribution in [2.75, 3.05) is 38.0 Å². The van der Waals surface area contributed by atoms with Crippen LogP contribution in [0.1, 0.15) is 47.8 Å². The predicted octanol–water partition coefficient (Wildman–Crippen LogP) is 4.42. The summed E-state index contributed by atoms with van der Waals surface area (Å²) >= 11 is 0. The number of anilines is 1. The summed E-state index contributed by atoms with van der Waals surface area (Å²) in [5.74, 6) is -0.00628. The molecule has 1 atom stereocenters. The van der Waals surface area contributed by atoms with Crippen LogP contribution in [0.3, 0.4) is 0 Å². The van der Waals surface area contributed by atoms with Gasteiger partial charge in [0.2, 0.25) is 5.88 Å². The smallest absolute Gasteiger partial charge is 0.391 e. The minimum atomic E-state index is -0.421. The first kappa shape index (κ1) is 26.8. The van der Waals surface area contributed by atoms with Crippen molar-refractivity contribution in [3.8, 4) is 5.88 Å². The quantitative estimate of drug-likeness (QED) is 0.485. The molecule has 2 saturated heterocycles. The van der Waals surface area contributed by atoms with Gasteiger partial charge in [-0.25, -0.2) is 9.78 Å². The number of likely N-dealkylation sites (tertiary alicyclic amines) is 1. The van der Waals surface area contributed by atoms with Crippen molar-refractivity contribution in [1.29, 1.82) is 0 Å². The second-order valence-corrected chi connectivity index (χ2v) is 10.3. The van der Waals surface area contributed by atoms with Crippen molar-refractivity contribution in [2.24, 2.45) is 0 Å². The fraction of sp³-hybridized carbons (Fsp3) is 0.400. The highest BCUT2D eigenvalue weighted by molar-refractivity contribution is 6.04. The molecule has 0 bridgehead atoms. The number of piperidine rings is 1. The zero-order valence-corrected chi connectivity index (χ0v) is 22.5. The number of nitrogens with one attached hydrogen (secondary N) is 1. The minimum Gasteiger partial charge on any atom is -0.391 e. The van der Waals surface area contributed by atoms with Gasteiger partial charge in [-0.05, 0) is 62.2 Å². The van der Waals surface area contributed by atoms with Crippen molar-refractivity contribution in [3.63, 3.8) is 0 Å². The summed E-state index contributed by atoms with van der Waals surface area (Å²) in [5.41, 5.74) is 3.35. The topological polar surface area (TPSA) is 90.9 Å². The fourth-order valence-electron chi connectivity index (χ4n) is 5.07. The Hall–Kier alpha value is -3.82. The van der Waals surface area contributed by atoms with Crippen molar-refractivity contribution in [2.45, 2.75) is 45.3 Å². The lowest BCUT2D eigenvalue weighted by Gasteiger charge is -2.33. The number of hydrogen-bond donors (Lipinski definition) is 1. The van der Waals surface area contributed by atoms with Gasteiger partial charge in [0.25, 0.3) is 5.91 Å². The molecule has 3 aromatic rings. The predicted molar refractivity (Wildman–Crippen MR) is 149 cm³/mol. The van der Waals surface area contributed by atoms with Crippen LogP contribution in [-0.2, 0) is 13.1 Å². The first-order valence-corrected chi connectivity index (χ1v) is 13.7. The van der Waals surface area contributed by atoms with Gasteiger partial charge in [0.1, 0.15) is 0 Å². The summed E-state index contributed by atoms with van der Waals surface area (Å²) in [5, 5.41) is 2.86. The zero-order chi connectivity index (χ0) is 27.0. The van der Waals surface area contributed by atoms with Crippen LogP contribution in [-0.4, -0.2) is 75.4 Å². The largest absolute Gasteiger partial charge is 0.416 e. The molecular weight excluding hydrogens is 492 g/mol. The average Bonchev–Trinajstić information content (AvgIpc) is 2.96. The Bertz CT molecular complexity index is 1230. The second kappa shape index (κ2) is 12.8. The molecule has 0 saturated carbocycles. The van der Waals surface area contributed by atoms with E-state index in [0.717, 1.165) is 38.4 Å². The third-order valence-corrected chi connectivity index (χ3v) is 7.47. The van der Waals surface area contributed by atoms with E-state index in [0.29, 0.717) is 30.4 Å². The number of pyridine rings is 2. The van der Waals surface area contributed by atoms with E-state index in [1.807, 2.05) is 42.5 Å². The monoisotopic (exact) mass is 528 g/mol. The van der Waals surface area contributed by atoms with Gasteiger partial charge in [0, 0.05) is 63.1 Å². The second-order valence-electron chi connectivity index (χ2n) is 10.3. The lowest BCUT2D eigenvalue weighted by molar-refractivity contribution is 0.102. The number of ether oxygens (including phenoxy) is 1. The number of carbonyl (C=O) groups excluding carboxylic acids is 2. The van der Waals surface area contributed by atoms with Crippen molar-refractivity contribution < 1.29 is 14.3 Å². The maximum atomic E-state index is 12.7. The highest BCUT2D eigenvalue weighted by atomic mass is 16.6. The molecule has 2 aliphatic rings. The van der Waals surface area contributed by atoms with Crippen LogP contribution in [0.2, 0.25) is 0 Å². The van der Waals surface area contributed by atoms with Gasteiger partial charge in [-0.15, -0.1) is 0 Å². The van der Waals surface area contributed by atoms with Crippen molar-refractivity contribution >= 4 is 17.7 Å². The molecule has 1 unspecified atom stereocenters. The van der Waals surface area contributed by atoms with E-state index in [-0.39, 0.29) is 11.8 Å². The Morgan fingerprint density at radius 2 is 1.74 bits per heavy atom. The summed E-state index contributed by atoms with van der Waals surface area (Å²) in [4.78, 5) is 40.4. The molecule has 2 aliphatic heterocycles. The van der Waals surface area contributed by atoms with Gasteiger partial charge in [-0.3, -0.25) is 19.6 Å². The van der Waals surface area contributed by atoms with Crippen molar-refractivity contribution in [1.82, 2.24) is 24.7 Å². The standard InChI is InChI=1S/C30H36N6O3/c1-23-6-3-5-15-36(23)21-24-8-10-25(11-9-24)29(37)33-26-12-13-28(32-20-26)39-30(38)35-18-16-34(17-19-35)22-27-7-2-4-14-31-27/h2,4,7-14,20,23H,3,5-6,15-19,21-22H2,1H3,(H,33,37). The molecule has 4 heterocycles. The molecule has 0 aliphatic carbocycles. The first-order valence-electron chi connectivity index (χ1n) is 13.7. The SMILES string of the molecule is CC1CCCCN1Cc1ccc(C(=O)Nc2ccc(OC(=O)N3CCN(Cc4ccccn4)CC3)nc2)cc1. The third kappa shape index (κ3) is 7.40. The Balaban J connectivity index is 1.07. The number of aromatic nitrogens is 2. The minimum absolute atomic E-state index is 0.199. The van der Waals surface area contributed by atoms with E-state index in [1.54, 1.807) is 23.2 Å². The molecule has 9 heteroatoms. The van der Waals surface area contributed by atoms with E-state index < -0.39 is 6.09 Å². The van der Waals surface area contributed by atoms with Gasteiger partial charge in [-0.1, -0.05) is 24.6 Å². The van der Waals surface area contributed by atoms with Crippen LogP contribution in [0.4, 0.5) is 10.5 Å². The molecule has 1 aromatic carbocycles. The van der Waals surface area contributed by atoms with E-state index in [2.05, 4.69) is 32.0 Å². The van der Waals surface area contributed by atoms with Gasteiger partial charge in [0.05, 0.1) is 17.6 Å². The molecule has 9 nitrogen and oxygen atoms in total. The Kier molecular flexibility index (Phi) is 8.80. The molecule has 39 heavy (non-hydrogen) atoms. The van der Waals surface area contributed by atoms with E-state index in [1.165, 1.54) is 31.0 Å². The molecule has 0 radical (unpaired) electrons. The number of rotatable bonds is 7. The molecule has 0 spiro atoms. The maximum Gasteiger partial charge on any atom is 0.416 e. The van der Waals surface area contributed by atoms with E-state index >= 15 is 0 Å². The summed E-state index contributed by atoms with van der Waals surface area (Å²) in [7, 11) is 0. The number of carbonyl (C=O) groups is 2. The third-order valence-electron chi connectivity index (χ3n) is 7.47. The van der Waals surface area contributed by atoms with Gasteiger partial charge < -0.3 is 15.0 Å². The zero-order valence-electron chi connectivity index (χ0n) is 22.5. The number of benzene rings is 1. The summed E-state index contributed by atoms with van der Waals surface area (Å²) in [6.45, 7) is 7.75. The molecule has 1 N–H and O–H groups in total. The molecular formula is C30H36N6O3. The molecule has 2 fully saturated rings. The van der Waals surface area contributed by atoms with Crippen molar-refractivity contribution in [3.05, 3.63) is 83.8 Å². The average molecular weight is 529 g/mol. The highest BCUT2D eigenvalue weighted by Crippen LogP contribution is 2.20. The Morgan fingerprint density at radius 1 is 0.923 bits per heavy atom. The van der Waals surface area contributed by atoms with Gasteiger partial charge in [-0.2, -0.15) is 0 Å². The van der Waals surface area contributed by atoms with Crippen LogP contribution < -0.4 is 10.1 Å². The van der Waals surface area contributed by atoms with Crippen LogP contribution >= 0.6 is 0 Å². The Morgan fingerprint density at radius 3 is 2.44 bits per heavy atom. The first-order chi connectivity index (χ1) is 19.0. The van der Waals surface area contributed by atoms with Gasteiger partial charge in [0.15, 0.2) is 0 Å². The fourth-order valence-corrected chi connectivity index (χ4v) is 5.07. The van der Waals surface area contributed by atoms with Crippen LogP contribution in [0.25, 0.3) is 0 Å². The number of hydrogen-bond acceptors (Lipinski definition) is 7. The van der Waals surface area contributed by atoms with E-state index in [9.17, 15) is 9.59 Å². The molecule has 2 aromatic heterocycles. The molecule has 5 rings (SSSR count). The van der Waals surface area contributed by atoms with Crippen LogP contribution in [0, 0.1) is 0 Å². The highest BCUT2D eigenvalue weighted by Gasteiger charge is 2.23. The molecule has 204 valence electrons. The number of piperazine rings is 1. The lowest BCUT2D eigenvalue weighted by Crippen LogP contribution is -2.49. The summed E-state index contributed by atoms with van der Waals surface area (Å²) < 4.78 is 5.46. The lowest BCUT2D eigenvalue weighted by atomic mass is 10.0. The van der Waals surface area contributed by atoms with E-state index in [4.69, 9.17) is 4.74 Å².